The SMILES string of the molecule is CCc1cc(CNCCc2csc(C)n2)n(CC)n1. The molecule has 0 amide bonds. The lowest BCUT2D eigenvalue weighted by molar-refractivity contribution is 0.577. The predicted molar refractivity (Wildman–Crippen MR) is 79.5 cm³/mol. The number of hydrogen-bond donors (Lipinski definition) is 1. The predicted octanol–water partition coefficient (Wildman–Crippen LogP) is 2.56. The van der Waals surface area contributed by atoms with Crippen LogP contribution in [0.25, 0.3) is 0 Å². The maximum Gasteiger partial charge on any atom is 0.0897 e. The van der Waals surface area contributed by atoms with Crippen molar-refractivity contribution in [2.45, 2.75) is 46.7 Å². The van der Waals surface area contributed by atoms with Gasteiger partial charge < -0.3 is 5.32 Å². The number of aromatic nitrogens is 3. The Hall–Kier alpha value is -1.20. The van der Waals surface area contributed by atoms with E-state index in [2.05, 4.69) is 45.4 Å². The maximum absolute atomic E-state index is 4.55. The summed E-state index contributed by atoms with van der Waals surface area (Å²) in [5.41, 5.74) is 3.64. The molecule has 0 spiro atoms. The lowest BCUT2D eigenvalue weighted by atomic mass is 10.3. The summed E-state index contributed by atoms with van der Waals surface area (Å²) in [5, 5.41) is 11.3. The van der Waals surface area contributed by atoms with Gasteiger partial charge in [0.2, 0.25) is 0 Å². The Morgan fingerprint density at radius 1 is 1.32 bits per heavy atom. The molecular formula is C14H22N4S. The Morgan fingerprint density at radius 3 is 2.79 bits per heavy atom. The van der Waals surface area contributed by atoms with Crippen LogP contribution >= 0.6 is 11.3 Å². The molecule has 2 aromatic heterocycles. The molecule has 0 unspecified atom stereocenters. The fourth-order valence-corrected chi connectivity index (χ4v) is 2.71. The van der Waals surface area contributed by atoms with Gasteiger partial charge in [-0.05, 0) is 26.3 Å². The van der Waals surface area contributed by atoms with Crippen molar-refractivity contribution < 1.29 is 0 Å². The van der Waals surface area contributed by atoms with Gasteiger partial charge in [0, 0.05) is 31.4 Å². The second-order valence-corrected chi connectivity index (χ2v) is 5.64. The average molecular weight is 278 g/mol. The third-order valence-corrected chi connectivity index (χ3v) is 3.93. The van der Waals surface area contributed by atoms with E-state index in [0.717, 1.165) is 37.5 Å². The normalized spacial score (nSPS) is 11.1. The van der Waals surface area contributed by atoms with Gasteiger partial charge in [-0.1, -0.05) is 6.92 Å². The number of nitrogens with one attached hydrogen (secondary N) is 1. The van der Waals surface area contributed by atoms with E-state index in [-0.39, 0.29) is 0 Å². The van der Waals surface area contributed by atoms with Gasteiger partial charge in [-0.15, -0.1) is 11.3 Å². The van der Waals surface area contributed by atoms with Crippen molar-refractivity contribution in [1.29, 1.82) is 0 Å². The molecular weight excluding hydrogens is 256 g/mol. The summed E-state index contributed by atoms with van der Waals surface area (Å²) >= 11 is 1.72. The summed E-state index contributed by atoms with van der Waals surface area (Å²) in [6.07, 6.45) is 1.99. The summed E-state index contributed by atoms with van der Waals surface area (Å²) in [4.78, 5) is 4.47. The molecule has 0 radical (unpaired) electrons. The van der Waals surface area contributed by atoms with Crippen molar-refractivity contribution in [3.63, 3.8) is 0 Å². The molecule has 0 fully saturated rings. The Bertz CT molecular complexity index is 515. The summed E-state index contributed by atoms with van der Waals surface area (Å²) < 4.78 is 2.08. The van der Waals surface area contributed by atoms with Gasteiger partial charge in [0.25, 0.3) is 0 Å². The largest absolute Gasteiger partial charge is 0.311 e. The average Bonchev–Trinajstić information content (AvgIpc) is 3.00. The molecule has 19 heavy (non-hydrogen) atoms. The first kappa shape index (κ1) is 14.2. The first-order chi connectivity index (χ1) is 9.22. The van der Waals surface area contributed by atoms with Crippen LogP contribution in [-0.2, 0) is 25.9 Å². The molecule has 0 aromatic carbocycles. The van der Waals surface area contributed by atoms with E-state index in [4.69, 9.17) is 0 Å². The molecule has 2 rings (SSSR count). The van der Waals surface area contributed by atoms with Crippen LogP contribution in [0.3, 0.4) is 0 Å². The molecule has 0 aliphatic carbocycles. The molecule has 0 aliphatic heterocycles. The monoisotopic (exact) mass is 278 g/mol. The Balaban J connectivity index is 1.80. The van der Waals surface area contributed by atoms with Crippen LogP contribution in [0.1, 0.15) is 35.9 Å². The molecule has 5 heteroatoms. The second-order valence-electron chi connectivity index (χ2n) is 4.58. The van der Waals surface area contributed by atoms with Crippen molar-refractivity contribution in [2.75, 3.05) is 6.54 Å². The van der Waals surface area contributed by atoms with Crippen LogP contribution in [0.5, 0.6) is 0 Å². The zero-order valence-corrected chi connectivity index (χ0v) is 12.8. The highest BCUT2D eigenvalue weighted by Crippen LogP contribution is 2.08. The van der Waals surface area contributed by atoms with E-state index in [1.807, 2.05) is 6.92 Å². The lowest BCUT2D eigenvalue weighted by Crippen LogP contribution is -2.19. The zero-order valence-electron chi connectivity index (χ0n) is 11.9. The van der Waals surface area contributed by atoms with Gasteiger partial charge in [0.05, 0.1) is 22.1 Å². The van der Waals surface area contributed by atoms with E-state index in [1.54, 1.807) is 11.3 Å². The van der Waals surface area contributed by atoms with Crippen LogP contribution in [0.2, 0.25) is 0 Å². The molecule has 2 aromatic rings. The number of nitrogens with zero attached hydrogens (tertiary/aromatic N) is 3. The number of hydrogen-bond acceptors (Lipinski definition) is 4. The minimum Gasteiger partial charge on any atom is -0.311 e. The highest BCUT2D eigenvalue weighted by Gasteiger charge is 2.05. The molecule has 0 saturated carbocycles. The maximum atomic E-state index is 4.55. The van der Waals surface area contributed by atoms with E-state index >= 15 is 0 Å². The zero-order chi connectivity index (χ0) is 13.7. The van der Waals surface area contributed by atoms with Crippen molar-refractivity contribution in [1.82, 2.24) is 20.1 Å². The third kappa shape index (κ3) is 3.88. The number of rotatable bonds is 7. The Labute approximate surface area is 118 Å². The van der Waals surface area contributed by atoms with Crippen molar-refractivity contribution >= 4 is 11.3 Å². The van der Waals surface area contributed by atoms with Gasteiger partial charge in [-0.3, -0.25) is 4.68 Å². The fraction of sp³-hybridized carbons (Fsp3) is 0.571. The van der Waals surface area contributed by atoms with Crippen LogP contribution < -0.4 is 5.32 Å². The number of aryl methyl sites for hydroxylation is 3. The molecule has 0 saturated heterocycles. The first-order valence-corrected chi connectivity index (χ1v) is 7.78. The molecule has 0 bridgehead atoms. The van der Waals surface area contributed by atoms with Gasteiger partial charge in [-0.25, -0.2) is 4.98 Å². The molecule has 104 valence electrons. The van der Waals surface area contributed by atoms with Gasteiger partial charge in [-0.2, -0.15) is 5.10 Å². The summed E-state index contributed by atoms with van der Waals surface area (Å²) in [5.74, 6) is 0. The standard InChI is InChI=1S/C14H22N4S/c1-4-12-8-14(18(5-2)17-12)9-15-7-6-13-10-19-11(3)16-13/h8,10,15H,4-7,9H2,1-3H3. The minimum atomic E-state index is 0.879. The first-order valence-electron chi connectivity index (χ1n) is 6.90. The highest BCUT2D eigenvalue weighted by atomic mass is 32.1. The quantitative estimate of drug-likeness (QED) is 0.792. The molecule has 0 aliphatic rings. The third-order valence-electron chi connectivity index (χ3n) is 3.11. The van der Waals surface area contributed by atoms with Crippen LogP contribution in [0, 0.1) is 6.92 Å². The van der Waals surface area contributed by atoms with E-state index in [0.29, 0.717) is 0 Å². The second kappa shape index (κ2) is 6.82. The van der Waals surface area contributed by atoms with Crippen LogP contribution in [0.15, 0.2) is 11.4 Å². The van der Waals surface area contributed by atoms with E-state index in [9.17, 15) is 0 Å². The molecule has 2 heterocycles. The summed E-state index contributed by atoms with van der Waals surface area (Å²) in [6, 6.07) is 2.20. The molecule has 1 N–H and O–H groups in total. The summed E-state index contributed by atoms with van der Waals surface area (Å²) in [6.45, 7) is 9.09. The van der Waals surface area contributed by atoms with Crippen molar-refractivity contribution in [2.24, 2.45) is 0 Å². The number of thiazole rings is 1. The Kier molecular flexibility index (Phi) is 5.10. The Morgan fingerprint density at radius 2 is 2.16 bits per heavy atom. The van der Waals surface area contributed by atoms with Crippen LogP contribution in [-0.4, -0.2) is 21.3 Å². The lowest BCUT2D eigenvalue weighted by Gasteiger charge is -2.05. The van der Waals surface area contributed by atoms with Gasteiger partial charge in [0.1, 0.15) is 0 Å². The smallest absolute Gasteiger partial charge is 0.0897 e. The van der Waals surface area contributed by atoms with Gasteiger partial charge in [0.15, 0.2) is 0 Å². The van der Waals surface area contributed by atoms with E-state index in [1.165, 1.54) is 17.1 Å². The topological polar surface area (TPSA) is 42.7 Å². The van der Waals surface area contributed by atoms with Crippen molar-refractivity contribution in [3.05, 3.63) is 33.5 Å². The van der Waals surface area contributed by atoms with Crippen molar-refractivity contribution in [3.8, 4) is 0 Å². The summed E-state index contributed by atoms with van der Waals surface area (Å²) in [7, 11) is 0. The minimum absolute atomic E-state index is 0.879. The van der Waals surface area contributed by atoms with Gasteiger partial charge >= 0.3 is 0 Å². The molecule has 0 atom stereocenters. The van der Waals surface area contributed by atoms with Crippen LogP contribution in [0.4, 0.5) is 0 Å². The highest BCUT2D eigenvalue weighted by molar-refractivity contribution is 7.09. The fourth-order valence-electron chi connectivity index (χ4n) is 2.06. The molecule has 4 nitrogen and oxygen atoms in total. The van der Waals surface area contributed by atoms with E-state index < -0.39 is 0 Å².